The van der Waals surface area contributed by atoms with Crippen molar-refractivity contribution in [3.05, 3.63) is 165 Å². The van der Waals surface area contributed by atoms with E-state index in [1.807, 2.05) is 13.8 Å². The third kappa shape index (κ3) is 6.01. The van der Waals surface area contributed by atoms with Gasteiger partial charge in [-0.15, -0.1) is 0 Å². The van der Waals surface area contributed by atoms with Gasteiger partial charge >= 0.3 is 381 Å². The molecule has 6 aromatic rings. The molecular formula is C56H60Cl2O2SiZr. The third-order valence-electron chi connectivity index (χ3n) is 15.4. The van der Waals surface area contributed by atoms with Crippen LogP contribution in [0.4, 0.5) is 0 Å². The number of halogens is 2. The molecule has 10 rings (SSSR count). The van der Waals surface area contributed by atoms with Crippen molar-refractivity contribution in [2.75, 3.05) is 0 Å². The first kappa shape index (κ1) is 42.5. The molecule has 4 aliphatic rings. The molecule has 0 saturated carbocycles. The molecule has 0 N–H and O–H groups in total. The summed E-state index contributed by atoms with van der Waals surface area (Å²) < 4.78 is 13.0. The molecule has 2 heterocycles. The molecule has 0 spiro atoms. The van der Waals surface area contributed by atoms with Crippen LogP contribution in [-0.4, -0.2) is 5.43 Å². The Morgan fingerprint density at radius 3 is 1.23 bits per heavy atom. The number of benzene rings is 4. The van der Waals surface area contributed by atoms with E-state index in [2.05, 4.69) is 178 Å². The summed E-state index contributed by atoms with van der Waals surface area (Å²) in [6.45, 7) is 28.4. The van der Waals surface area contributed by atoms with Crippen LogP contribution < -0.4 is 0 Å². The van der Waals surface area contributed by atoms with E-state index < -0.39 is 20.4 Å². The predicted octanol–water partition coefficient (Wildman–Crippen LogP) is 16.9. The maximum absolute atomic E-state index is 9.31. The average molecular weight is 955 g/mol. The number of fused-ring (bicyclic) bond motifs is 4. The van der Waals surface area contributed by atoms with Crippen LogP contribution in [0.1, 0.15) is 143 Å². The molecule has 6 heteroatoms. The number of hydrogen-bond donors (Lipinski definition) is 0. The van der Waals surface area contributed by atoms with Gasteiger partial charge in [0.2, 0.25) is 0 Å². The molecule has 0 aliphatic heterocycles. The van der Waals surface area contributed by atoms with Gasteiger partial charge in [0.1, 0.15) is 0 Å². The maximum atomic E-state index is 9.31. The third-order valence-corrected chi connectivity index (χ3v) is 61.7. The van der Waals surface area contributed by atoms with Crippen molar-refractivity contribution < 1.29 is 23.8 Å². The van der Waals surface area contributed by atoms with Gasteiger partial charge in [-0.05, 0) is 0 Å². The van der Waals surface area contributed by atoms with Crippen molar-refractivity contribution >= 4 is 45.8 Å². The number of hydrogen-bond acceptors (Lipinski definition) is 2. The van der Waals surface area contributed by atoms with E-state index in [1.165, 1.54) is 66.8 Å². The number of allylic oxidation sites excluding steroid dienone is 2. The van der Waals surface area contributed by atoms with Crippen LogP contribution in [0.2, 0.25) is 13.1 Å². The van der Waals surface area contributed by atoms with Gasteiger partial charge in [-0.25, -0.2) is 0 Å². The monoisotopic (exact) mass is 952 g/mol. The van der Waals surface area contributed by atoms with Gasteiger partial charge in [0.15, 0.2) is 0 Å². The van der Waals surface area contributed by atoms with E-state index in [-0.39, 0.29) is 28.9 Å². The Morgan fingerprint density at radius 1 is 0.532 bits per heavy atom. The summed E-state index contributed by atoms with van der Waals surface area (Å²) in [4.78, 5) is 0. The van der Waals surface area contributed by atoms with Gasteiger partial charge in [-0.3, -0.25) is 0 Å². The summed E-state index contributed by atoms with van der Waals surface area (Å²) in [5.74, 6) is 3.50. The summed E-state index contributed by atoms with van der Waals surface area (Å²) >= 11 is -5.58. The quantitative estimate of drug-likeness (QED) is 0.156. The summed E-state index contributed by atoms with van der Waals surface area (Å²) in [5, 5.41) is 0. The molecule has 0 fully saturated rings. The molecule has 62 heavy (non-hydrogen) atoms. The average Bonchev–Trinajstić information content (AvgIpc) is 4.04. The minimum atomic E-state index is -5.58. The normalized spacial score (nSPS) is 21.3. The van der Waals surface area contributed by atoms with E-state index in [4.69, 9.17) is 8.83 Å². The number of furan rings is 2. The molecular weight excluding hydrogens is 895 g/mol. The first-order valence-electron chi connectivity index (χ1n) is 22.5. The summed E-state index contributed by atoms with van der Waals surface area (Å²) in [5.41, 5.74) is 16.5. The molecule has 0 amide bonds. The summed E-state index contributed by atoms with van der Waals surface area (Å²) in [7, 11) is 18.6. The molecule has 2 atom stereocenters. The Bertz CT molecular complexity index is 2820. The Hall–Kier alpha value is -3.40. The molecule has 0 bridgehead atoms. The fourth-order valence-corrected chi connectivity index (χ4v) is 41.0. The second-order valence-corrected chi connectivity index (χ2v) is 60.8. The summed E-state index contributed by atoms with van der Waals surface area (Å²) in [6.07, 6.45) is 7.02. The van der Waals surface area contributed by atoms with Crippen molar-refractivity contribution in [1.29, 1.82) is 0 Å². The Kier molecular flexibility index (Phi) is 9.48. The van der Waals surface area contributed by atoms with Crippen LogP contribution in [0.5, 0.6) is 0 Å². The van der Waals surface area contributed by atoms with Crippen LogP contribution in [0.3, 0.4) is 0 Å². The molecule has 0 radical (unpaired) electrons. The minimum absolute atomic E-state index is 0.0386. The van der Waals surface area contributed by atoms with E-state index in [0.717, 1.165) is 47.0 Å². The molecule has 4 aliphatic carbocycles. The van der Waals surface area contributed by atoms with Crippen molar-refractivity contribution in [3.63, 3.8) is 0 Å². The SMILES string of the molecule is Cc1ccc(C2=Cc3c(cc4c(c3-c3ccccc3)C(C)(C)CC4(C)C)[CH]2[Zr]([Cl])([Cl])([CH]2C(c3ccc(C)o3)=Cc3c2cc2c(c3-c3ccccc3)C(C)(C)CC2(C)C)=[Si](C)C)o1. The van der Waals surface area contributed by atoms with E-state index >= 15 is 0 Å². The Morgan fingerprint density at radius 2 is 0.903 bits per heavy atom. The van der Waals surface area contributed by atoms with Crippen LogP contribution in [0.15, 0.2) is 106 Å². The van der Waals surface area contributed by atoms with Gasteiger partial charge in [-0.1, -0.05) is 0 Å². The van der Waals surface area contributed by atoms with Gasteiger partial charge < -0.3 is 0 Å². The Labute approximate surface area is 377 Å². The Balaban J connectivity index is 1.36. The molecule has 318 valence electrons. The van der Waals surface area contributed by atoms with Gasteiger partial charge in [0.25, 0.3) is 0 Å². The zero-order valence-corrected chi connectivity index (χ0v) is 43.5. The molecule has 4 aromatic carbocycles. The van der Waals surface area contributed by atoms with E-state index in [1.54, 1.807) is 0 Å². The second kappa shape index (κ2) is 13.8. The van der Waals surface area contributed by atoms with Crippen molar-refractivity contribution in [2.45, 2.75) is 124 Å². The van der Waals surface area contributed by atoms with Gasteiger partial charge in [0, 0.05) is 0 Å². The number of aryl methyl sites for hydroxylation is 2. The molecule has 2 unspecified atom stereocenters. The van der Waals surface area contributed by atoms with Gasteiger partial charge in [-0.2, -0.15) is 0 Å². The van der Waals surface area contributed by atoms with Crippen LogP contribution >= 0.6 is 17.0 Å². The first-order chi connectivity index (χ1) is 29.0. The first-order valence-corrected chi connectivity index (χ1v) is 37.9. The van der Waals surface area contributed by atoms with Crippen LogP contribution in [0.25, 0.3) is 45.6 Å². The fourth-order valence-electron chi connectivity index (χ4n) is 13.4. The fraction of sp³-hybridized carbons (Fsp3) is 0.357. The van der Waals surface area contributed by atoms with E-state index in [9.17, 15) is 17.0 Å². The topological polar surface area (TPSA) is 26.3 Å². The van der Waals surface area contributed by atoms with E-state index in [0.29, 0.717) is 0 Å². The predicted molar refractivity (Wildman–Crippen MR) is 262 cm³/mol. The van der Waals surface area contributed by atoms with Crippen molar-refractivity contribution in [2.24, 2.45) is 0 Å². The zero-order valence-electron chi connectivity index (χ0n) is 38.5. The molecule has 0 saturated heterocycles. The van der Waals surface area contributed by atoms with Crippen molar-refractivity contribution in [1.82, 2.24) is 0 Å². The van der Waals surface area contributed by atoms with Crippen molar-refractivity contribution in [3.8, 4) is 22.3 Å². The number of rotatable bonds is 6. The van der Waals surface area contributed by atoms with Crippen LogP contribution in [-0.2, 0) is 36.7 Å². The molecule has 2 aromatic heterocycles. The summed E-state index contributed by atoms with van der Waals surface area (Å²) in [6, 6.07) is 35.8. The standard InChI is InChI=1S/2C27H27O.C2H6Si.2ClH.Zr/c2*1-17-11-12-23(28-17)20-13-19-15-22-25(27(4,5)16-26(22,2)3)24(21(19)14-20)18-9-7-6-8-10-18;1-3-2;;;/h2*6-15H,16H2,1-5H3;1-2H3;2*1H;/q;;;;;+2/p-2. The molecule has 2 nitrogen and oxygen atoms in total. The van der Waals surface area contributed by atoms with Crippen LogP contribution in [0, 0.1) is 13.8 Å². The van der Waals surface area contributed by atoms with Gasteiger partial charge in [0.05, 0.1) is 0 Å². The second-order valence-electron chi connectivity index (χ2n) is 22.0. The zero-order chi connectivity index (χ0) is 44.1.